The van der Waals surface area contributed by atoms with Crippen molar-refractivity contribution in [3.8, 4) is 0 Å². The Morgan fingerprint density at radius 1 is 1.43 bits per heavy atom. The number of hydrogen-bond acceptors (Lipinski definition) is 5. The van der Waals surface area contributed by atoms with Crippen LogP contribution in [0.5, 0.6) is 0 Å². The number of rotatable bonds is 7. The molecule has 0 unspecified atom stereocenters. The summed E-state index contributed by atoms with van der Waals surface area (Å²) in [4.78, 5) is 0. The minimum atomic E-state index is -3.38. The number of halogens is 1. The summed E-state index contributed by atoms with van der Waals surface area (Å²) in [7, 11) is -0.908. The third kappa shape index (κ3) is 4.47. The van der Waals surface area contributed by atoms with Crippen molar-refractivity contribution in [2.24, 2.45) is 0 Å². The van der Waals surface area contributed by atoms with Crippen LogP contribution in [0.1, 0.15) is 1.37 Å². The summed E-state index contributed by atoms with van der Waals surface area (Å²) < 4.78 is 54.7. The predicted molar refractivity (Wildman–Crippen MR) is 77.3 cm³/mol. The monoisotopic (exact) mass is 384 g/mol. The van der Waals surface area contributed by atoms with Crippen LogP contribution in [0.15, 0.2) is 40.6 Å². The van der Waals surface area contributed by atoms with E-state index < -0.39 is 41.3 Å². The molecule has 8 heteroatoms. The van der Waals surface area contributed by atoms with Crippen LogP contribution in [0, 0.1) is 0 Å². The van der Waals surface area contributed by atoms with Gasteiger partial charge in [0.2, 0.25) is 0 Å². The molecular weight excluding hydrogens is 365 g/mol. The predicted octanol–water partition coefficient (Wildman–Crippen LogP) is 2.01. The quantitative estimate of drug-likeness (QED) is 0.533. The van der Waals surface area contributed by atoms with Gasteiger partial charge in [0.25, 0.3) is 0 Å². The Hall–Kier alpha value is -0.521. The van der Waals surface area contributed by atoms with Gasteiger partial charge in [-0.2, -0.15) is 0 Å². The third-order valence-corrected chi connectivity index (χ3v) is 6.57. The van der Waals surface area contributed by atoms with E-state index in [9.17, 15) is 8.96 Å². The molecule has 0 saturated carbocycles. The van der Waals surface area contributed by atoms with Gasteiger partial charge < -0.3 is 0 Å². The second-order valence-electron chi connectivity index (χ2n) is 3.98. The van der Waals surface area contributed by atoms with Crippen LogP contribution in [-0.4, -0.2) is 48.4 Å². The van der Waals surface area contributed by atoms with E-state index in [4.69, 9.17) is 19.9 Å². The maximum absolute atomic E-state index is 14.1. The molecule has 1 aromatic carbocycles. The van der Waals surface area contributed by atoms with Gasteiger partial charge in [-0.3, -0.25) is 0 Å². The van der Waals surface area contributed by atoms with Crippen molar-refractivity contribution in [3.05, 3.63) is 40.6 Å². The van der Waals surface area contributed by atoms with Crippen molar-refractivity contribution < 1.29 is 28.8 Å². The molecule has 1 heterocycles. The van der Waals surface area contributed by atoms with E-state index >= 15 is 0 Å². The Morgan fingerprint density at radius 3 is 2.71 bits per heavy atom. The molecule has 21 heavy (non-hydrogen) atoms. The van der Waals surface area contributed by atoms with Gasteiger partial charge in [-0.25, -0.2) is 0 Å². The number of ether oxygens (including phenoxy) is 2. The summed E-state index contributed by atoms with van der Waals surface area (Å²) in [6.45, 7) is -1.42. The van der Waals surface area contributed by atoms with Gasteiger partial charge in [-0.15, -0.1) is 0 Å². The molecule has 0 N–H and O–H groups in total. The van der Waals surface area contributed by atoms with Gasteiger partial charge >= 0.3 is 130 Å². The van der Waals surface area contributed by atoms with Crippen LogP contribution in [0.4, 0.5) is 4.39 Å². The maximum atomic E-state index is 14.1. The molecule has 116 valence electrons. The number of benzene rings is 1. The van der Waals surface area contributed by atoms with E-state index in [0.29, 0.717) is 0 Å². The number of hydrogen-bond donors (Lipinski definition) is 0. The zero-order chi connectivity index (χ0) is 16.2. The van der Waals surface area contributed by atoms with Gasteiger partial charge in [-0.1, -0.05) is 0 Å². The fraction of sp³-hybridized carbons (Fsp3) is 0.385. The van der Waals surface area contributed by atoms with Crippen LogP contribution in [0.2, 0.25) is 0 Å². The molecule has 0 aromatic heterocycles. The van der Waals surface area contributed by atoms with E-state index in [1.54, 1.807) is 0 Å². The Morgan fingerprint density at radius 2 is 2.10 bits per heavy atom. The second kappa shape index (κ2) is 7.65. The fourth-order valence-electron chi connectivity index (χ4n) is 1.52. The van der Waals surface area contributed by atoms with E-state index in [1.165, 1.54) is 14.2 Å². The van der Waals surface area contributed by atoms with Crippen molar-refractivity contribution in [1.29, 1.82) is 0 Å². The van der Waals surface area contributed by atoms with Crippen molar-refractivity contribution in [2.45, 2.75) is 6.29 Å². The molecule has 0 spiro atoms. The SMILES string of the molecule is [3H][C@@H]1O[C@H](OCP(=O)(OC)OC)C([Se]c2ccccc2)=C1F. The average Bonchev–Trinajstić information content (AvgIpc) is 2.81. The molecule has 1 aliphatic heterocycles. The van der Waals surface area contributed by atoms with Crippen LogP contribution in [0.25, 0.3) is 0 Å². The summed E-state index contributed by atoms with van der Waals surface area (Å²) in [6, 6.07) is 9.30. The van der Waals surface area contributed by atoms with Crippen molar-refractivity contribution >= 4 is 27.0 Å². The Kier molecular flexibility index (Phi) is 5.61. The van der Waals surface area contributed by atoms with Crippen molar-refractivity contribution in [2.75, 3.05) is 27.2 Å². The first-order valence-corrected chi connectivity index (χ1v) is 9.45. The van der Waals surface area contributed by atoms with Crippen LogP contribution in [0.3, 0.4) is 0 Å². The fourth-order valence-corrected chi connectivity index (χ4v) is 4.11. The molecule has 0 fully saturated rings. The first-order chi connectivity index (χ1) is 10.5. The topological polar surface area (TPSA) is 54.0 Å². The molecule has 1 aromatic rings. The molecule has 0 radical (unpaired) electrons. The molecule has 2 rings (SSSR count). The van der Waals surface area contributed by atoms with E-state index in [1.807, 2.05) is 30.3 Å². The first kappa shape index (κ1) is 15.4. The minimum absolute atomic E-state index is 0.275. The van der Waals surface area contributed by atoms with Crippen molar-refractivity contribution in [1.82, 2.24) is 0 Å². The molecule has 5 nitrogen and oxygen atoms in total. The summed E-state index contributed by atoms with van der Waals surface area (Å²) in [5, 5.41) is 0. The van der Waals surface area contributed by atoms with Gasteiger partial charge in [0.05, 0.1) is 0 Å². The Labute approximate surface area is 130 Å². The van der Waals surface area contributed by atoms with Crippen LogP contribution < -0.4 is 4.46 Å². The van der Waals surface area contributed by atoms with Gasteiger partial charge in [-0.05, 0) is 0 Å². The summed E-state index contributed by atoms with van der Waals surface area (Å²) >= 11 is -0.393. The van der Waals surface area contributed by atoms with E-state index in [2.05, 4.69) is 0 Å². The molecule has 0 amide bonds. The third-order valence-electron chi connectivity index (χ3n) is 2.66. The molecule has 1 aliphatic rings. The van der Waals surface area contributed by atoms with Crippen molar-refractivity contribution in [3.63, 3.8) is 0 Å². The molecule has 0 bridgehead atoms. The summed E-state index contributed by atoms with van der Waals surface area (Å²) in [5.41, 5.74) is 0. The zero-order valence-electron chi connectivity index (χ0n) is 12.5. The first-order valence-electron chi connectivity index (χ1n) is 6.59. The zero-order valence-corrected chi connectivity index (χ0v) is 14.1. The van der Waals surface area contributed by atoms with Crippen LogP contribution in [-0.2, 0) is 23.1 Å². The summed E-state index contributed by atoms with van der Waals surface area (Å²) in [6.07, 6.45) is -1.43. The normalized spacial score (nSPS) is 23.5. The van der Waals surface area contributed by atoms with Crippen LogP contribution >= 0.6 is 7.60 Å². The standard InChI is InChI=1S/C13H16FO5PSe/c1-16-20(15,17-2)9-19-13-12(11(14)8-18-13)21-10-6-4-3-5-7-10/h3-7,13H,8-9H2,1-2H3/t13-/m1/s1/i8T/t8-,13+/m0. The molecule has 0 aliphatic carbocycles. The molecular formula is C13H16FO5PSe. The average molecular weight is 383 g/mol. The van der Waals surface area contributed by atoms with Gasteiger partial charge in [0.1, 0.15) is 0 Å². The van der Waals surface area contributed by atoms with Gasteiger partial charge in [0.15, 0.2) is 0 Å². The van der Waals surface area contributed by atoms with E-state index in [-0.39, 0.29) is 10.8 Å². The molecule has 0 saturated heterocycles. The summed E-state index contributed by atoms with van der Waals surface area (Å²) in [5.74, 6) is -0.654. The van der Waals surface area contributed by atoms with Gasteiger partial charge in [0, 0.05) is 0 Å². The second-order valence-corrected chi connectivity index (χ2v) is 8.54. The Bertz CT molecular complexity index is 577. The Balaban J connectivity index is 2.09. The van der Waals surface area contributed by atoms with E-state index in [0.717, 1.165) is 4.46 Å². The molecule has 2 atom stereocenters.